The van der Waals surface area contributed by atoms with E-state index in [4.69, 9.17) is 4.74 Å². The standard InChI is InChI=1S/C12H17IN2O3/c1-4-9-7(2)5-10(18-9)15-6-8(13)11(16)14(3)12(15)17/h6-7,9-10H,4-5H2,1-3H3/t7?,9-,10-/m0/s1. The van der Waals surface area contributed by atoms with Crippen LogP contribution in [-0.2, 0) is 11.8 Å². The van der Waals surface area contributed by atoms with Gasteiger partial charge in [0.25, 0.3) is 5.56 Å². The van der Waals surface area contributed by atoms with E-state index >= 15 is 0 Å². The molecule has 2 rings (SSSR count). The Balaban J connectivity index is 2.42. The maximum absolute atomic E-state index is 12.1. The Morgan fingerprint density at radius 3 is 2.72 bits per heavy atom. The molecule has 3 atom stereocenters. The van der Waals surface area contributed by atoms with Gasteiger partial charge in [-0.05, 0) is 41.4 Å². The maximum atomic E-state index is 12.1. The van der Waals surface area contributed by atoms with E-state index in [1.165, 1.54) is 11.6 Å². The van der Waals surface area contributed by atoms with Gasteiger partial charge in [-0.1, -0.05) is 13.8 Å². The Labute approximate surface area is 119 Å². The first-order valence-electron chi connectivity index (χ1n) is 6.08. The van der Waals surface area contributed by atoms with Crippen LogP contribution in [-0.4, -0.2) is 15.2 Å². The van der Waals surface area contributed by atoms with Gasteiger partial charge in [-0.15, -0.1) is 0 Å². The molecule has 2 heterocycles. The van der Waals surface area contributed by atoms with Crippen molar-refractivity contribution in [1.29, 1.82) is 0 Å². The highest BCUT2D eigenvalue weighted by atomic mass is 127. The highest BCUT2D eigenvalue weighted by Gasteiger charge is 2.32. The summed E-state index contributed by atoms with van der Waals surface area (Å²) in [5, 5.41) is 0. The van der Waals surface area contributed by atoms with Crippen molar-refractivity contribution in [2.75, 3.05) is 0 Å². The van der Waals surface area contributed by atoms with Gasteiger partial charge in [-0.25, -0.2) is 4.79 Å². The number of halogens is 1. The molecule has 1 aromatic heterocycles. The summed E-state index contributed by atoms with van der Waals surface area (Å²) < 4.78 is 9.09. The summed E-state index contributed by atoms with van der Waals surface area (Å²) in [4.78, 5) is 23.7. The van der Waals surface area contributed by atoms with E-state index in [1.54, 1.807) is 6.20 Å². The molecule has 0 aliphatic carbocycles. The number of ether oxygens (including phenoxy) is 1. The first-order chi connectivity index (χ1) is 8.45. The fourth-order valence-electron chi connectivity index (χ4n) is 2.40. The number of hydrogen-bond donors (Lipinski definition) is 0. The summed E-state index contributed by atoms with van der Waals surface area (Å²) in [5.74, 6) is 0.432. The third kappa shape index (κ3) is 2.27. The van der Waals surface area contributed by atoms with Crippen LogP contribution in [0, 0.1) is 9.49 Å². The molecular weight excluding hydrogens is 347 g/mol. The molecule has 1 aliphatic heterocycles. The maximum Gasteiger partial charge on any atom is 0.332 e. The van der Waals surface area contributed by atoms with Crippen LogP contribution in [0.5, 0.6) is 0 Å². The van der Waals surface area contributed by atoms with Gasteiger partial charge in [0.15, 0.2) is 0 Å². The smallest absolute Gasteiger partial charge is 0.332 e. The van der Waals surface area contributed by atoms with Gasteiger partial charge >= 0.3 is 5.69 Å². The molecule has 0 bridgehead atoms. The molecule has 1 aliphatic rings. The normalized spacial score (nSPS) is 27.7. The summed E-state index contributed by atoms with van der Waals surface area (Å²) in [6.07, 6.45) is 3.29. The first-order valence-corrected chi connectivity index (χ1v) is 7.16. The third-order valence-electron chi connectivity index (χ3n) is 3.52. The lowest BCUT2D eigenvalue weighted by Crippen LogP contribution is -2.40. The van der Waals surface area contributed by atoms with Crippen LogP contribution >= 0.6 is 22.6 Å². The molecule has 0 spiro atoms. The van der Waals surface area contributed by atoms with Gasteiger partial charge in [-0.2, -0.15) is 0 Å². The van der Waals surface area contributed by atoms with Gasteiger partial charge in [0.05, 0.1) is 9.67 Å². The highest BCUT2D eigenvalue weighted by molar-refractivity contribution is 14.1. The molecule has 0 saturated carbocycles. The second kappa shape index (κ2) is 5.16. The molecule has 0 radical (unpaired) electrons. The molecule has 6 heteroatoms. The molecule has 1 unspecified atom stereocenters. The average molecular weight is 364 g/mol. The van der Waals surface area contributed by atoms with Crippen LogP contribution in [0.3, 0.4) is 0 Å². The van der Waals surface area contributed by atoms with E-state index in [2.05, 4.69) is 13.8 Å². The Kier molecular flexibility index (Phi) is 3.96. The van der Waals surface area contributed by atoms with Crippen molar-refractivity contribution in [3.8, 4) is 0 Å². The van der Waals surface area contributed by atoms with Crippen molar-refractivity contribution >= 4 is 22.6 Å². The lowest BCUT2D eigenvalue weighted by atomic mass is 10.0. The number of rotatable bonds is 2. The lowest BCUT2D eigenvalue weighted by Gasteiger charge is -2.16. The van der Waals surface area contributed by atoms with Gasteiger partial charge in [0.1, 0.15) is 6.23 Å². The number of hydrogen-bond acceptors (Lipinski definition) is 3. The topological polar surface area (TPSA) is 53.2 Å². The van der Waals surface area contributed by atoms with Crippen LogP contribution in [0.1, 0.15) is 32.9 Å². The number of nitrogens with zero attached hydrogens (tertiary/aromatic N) is 2. The van der Waals surface area contributed by atoms with E-state index in [1.807, 2.05) is 22.6 Å². The molecule has 0 aromatic carbocycles. The monoisotopic (exact) mass is 364 g/mol. The average Bonchev–Trinajstić information content (AvgIpc) is 2.72. The summed E-state index contributed by atoms with van der Waals surface area (Å²) in [5.41, 5.74) is -0.565. The van der Waals surface area contributed by atoms with Gasteiger partial charge in [0.2, 0.25) is 0 Å². The molecule has 1 aromatic rings. The van der Waals surface area contributed by atoms with Crippen molar-refractivity contribution in [2.45, 2.75) is 39.0 Å². The quantitative estimate of drug-likeness (QED) is 0.748. The zero-order valence-electron chi connectivity index (χ0n) is 10.7. The first kappa shape index (κ1) is 13.8. The SMILES string of the molecule is CC[C@@H]1O[C@H](n2cc(I)c(=O)n(C)c2=O)CC1C. The summed E-state index contributed by atoms with van der Waals surface area (Å²) in [6.45, 7) is 4.21. The van der Waals surface area contributed by atoms with Crippen LogP contribution in [0.25, 0.3) is 0 Å². The van der Waals surface area contributed by atoms with E-state index in [-0.39, 0.29) is 23.6 Å². The fraction of sp³-hybridized carbons (Fsp3) is 0.667. The zero-order chi connectivity index (χ0) is 13.4. The van der Waals surface area contributed by atoms with Crippen LogP contribution in [0.15, 0.2) is 15.8 Å². The zero-order valence-corrected chi connectivity index (χ0v) is 12.9. The summed E-state index contributed by atoms with van der Waals surface area (Å²) in [6, 6.07) is 0. The van der Waals surface area contributed by atoms with Crippen LogP contribution in [0.4, 0.5) is 0 Å². The Hall–Kier alpha value is -0.630. The van der Waals surface area contributed by atoms with E-state index in [0.717, 1.165) is 17.4 Å². The number of aromatic nitrogens is 2. The fourth-order valence-corrected chi connectivity index (χ4v) is 3.06. The molecule has 0 amide bonds. The minimum Gasteiger partial charge on any atom is -0.354 e. The van der Waals surface area contributed by atoms with Crippen molar-refractivity contribution in [3.05, 3.63) is 30.6 Å². The van der Waals surface area contributed by atoms with E-state index in [9.17, 15) is 9.59 Å². The Bertz CT molecular complexity index is 563. The van der Waals surface area contributed by atoms with Crippen molar-refractivity contribution in [3.63, 3.8) is 0 Å². The lowest BCUT2D eigenvalue weighted by molar-refractivity contribution is -0.00832. The predicted molar refractivity (Wildman–Crippen MR) is 76.6 cm³/mol. The van der Waals surface area contributed by atoms with Gasteiger partial charge < -0.3 is 4.74 Å². The van der Waals surface area contributed by atoms with Gasteiger partial charge in [-0.3, -0.25) is 13.9 Å². The van der Waals surface area contributed by atoms with Crippen molar-refractivity contribution < 1.29 is 4.74 Å². The minimum absolute atomic E-state index is 0.191. The second-order valence-corrected chi connectivity index (χ2v) is 5.94. The molecule has 1 saturated heterocycles. The predicted octanol–water partition coefficient (Wildman–Crippen LogP) is 1.49. The third-order valence-corrected chi connectivity index (χ3v) is 4.26. The van der Waals surface area contributed by atoms with Crippen LogP contribution in [0.2, 0.25) is 0 Å². The minimum atomic E-state index is -0.311. The highest BCUT2D eigenvalue weighted by Crippen LogP contribution is 2.33. The summed E-state index contributed by atoms with van der Waals surface area (Å²) >= 11 is 1.95. The van der Waals surface area contributed by atoms with Gasteiger partial charge in [0, 0.05) is 13.2 Å². The Morgan fingerprint density at radius 1 is 1.50 bits per heavy atom. The molecular formula is C12H17IN2O3. The molecule has 18 heavy (non-hydrogen) atoms. The Morgan fingerprint density at radius 2 is 2.17 bits per heavy atom. The molecule has 0 N–H and O–H groups in total. The van der Waals surface area contributed by atoms with E-state index < -0.39 is 0 Å². The summed E-state index contributed by atoms with van der Waals surface area (Å²) in [7, 11) is 1.50. The van der Waals surface area contributed by atoms with Crippen molar-refractivity contribution in [1.82, 2.24) is 9.13 Å². The molecule has 5 nitrogen and oxygen atoms in total. The van der Waals surface area contributed by atoms with Crippen molar-refractivity contribution in [2.24, 2.45) is 13.0 Å². The molecule has 100 valence electrons. The largest absolute Gasteiger partial charge is 0.354 e. The van der Waals surface area contributed by atoms with E-state index in [0.29, 0.717) is 9.49 Å². The molecule has 1 fully saturated rings. The van der Waals surface area contributed by atoms with Crippen LogP contribution < -0.4 is 11.2 Å². The second-order valence-electron chi connectivity index (χ2n) is 4.78.